The Labute approximate surface area is 148 Å². The van der Waals surface area contributed by atoms with E-state index in [1.807, 2.05) is 0 Å². The van der Waals surface area contributed by atoms with Gasteiger partial charge in [0.25, 0.3) is 0 Å². The molecule has 0 aliphatic rings. The predicted octanol–water partition coefficient (Wildman–Crippen LogP) is 5.70. The summed E-state index contributed by atoms with van der Waals surface area (Å²) in [7, 11) is 1.09. The van der Waals surface area contributed by atoms with E-state index in [9.17, 15) is 44.3 Å². The number of halogens is 9. The summed E-state index contributed by atoms with van der Waals surface area (Å²) in [6, 6.07) is 0. The molecule has 0 aliphatic heterocycles. The van der Waals surface area contributed by atoms with Gasteiger partial charge in [0.1, 0.15) is 5.25 Å². The lowest BCUT2D eigenvalue weighted by molar-refractivity contribution is -0.396. The zero-order valence-electron chi connectivity index (χ0n) is 14.1. The Morgan fingerprint density at radius 3 is 1.85 bits per heavy atom. The van der Waals surface area contributed by atoms with Crippen molar-refractivity contribution in [2.24, 2.45) is 0 Å². The van der Waals surface area contributed by atoms with Gasteiger partial charge in [-0.2, -0.15) is 39.5 Å². The standard InChI is InChI=1S/C14H19F9O2S/c1-4-5-9(10(24)25-3)26-8(2)6-7-11(15,16)12(17,18)13(19,20)14(21,22)23/h8-9H,4-7H2,1-3H3. The van der Waals surface area contributed by atoms with E-state index in [-0.39, 0.29) is 0 Å². The Morgan fingerprint density at radius 1 is 0.962 bits per heavy atom. The van der Waals surface area contributed by atoms with E-state index in [0.29, 0.717) is 12.8 Å². The number of methoxy groups -OCH3 is 1. The van der Waals surface area contributed by atoms with Gasteiger partial charge in [-0.3, -0.25) is 4.79 Å². The van der Waals surface area contributed by atoms with Crippen LogP contribution in [0.5, 0.6) is 0 Å². The Balaban J connectivity index is 5.08. The summed E-state index contributed by atoms with van der Waals surface area (Å²) in [6.07, 6.45) is -8.72. The van der Waals surface area contributed by atoms with Crippen molar-refractivity contribution in [3.8, 4) is 0 Å². The summed E-state index contributed by atoms with van der Waals surface area (Å²) >= 11 is 0.804. The maximum atomic E-state index is 13.5. The largest absolute Gasteiger partial charge is 0.468 e. The van der Waals surface area contributed by atoms with Crippen LogP contribution in [0.2, 0.25) is 0 Å². The van der Waals surface area contributed by atoms with E-state index in [1.165, 1.54) is 6.92 Å². The Kier molecular flexibility index (Phi) is 8.64. The molecule has 0 aliphatic carbocycles. The molecule has 0 bridgehead atoms. The predicted molar refractivity (Wildman–Crippen MR) is 77.9 cm³/mol. The minimum atomic E-state index is -6.88. The molecule has 156 valence electrons. The minimum Gasteiger partial charge on any atom is -0.468 e. The van der Waals surface area contributed by atoms with Crippen LogP contribution in [-0.4, -0.2) is 47.5 Å². The molecule has 0 heterocycles. The van der Waals surface area contributed by atoms with E-state index in [0.717, 1.165) is 18.9 Å². The van der Waals surface area contributed by atoms with E-state index >= 15 is 0 Å². The van der Waals surface area contributed by atoms with Crippen LogP contribution >= 0.6 is 11.8 Å². The molecular formula is C14H19F9O2S. The van der Waals surface area contributed by atoms with Crippen molar-refractivity contribution in [3.05, 3.63) is 0 Å². The monoisotopic (exact) mass is 422 g/mol. The summed E-state index contributed by atoms with van der Waals surface area (Å²) < 4.78 is 119. The molecule has 0 N–H and O–H groups in total. The second-order valence-electron chi connectivity index (χ2n) is 5.64. The molecule has 0 radical (unpaired) electrons. The Morgan fingerprint density at radius 2 is 1.46 bits per heavy atom. The van der Waals surface area contributed by atoms with Gasteiger partial charge in [0.05, 0.1) is 7.11 Å². The molecule has 0 rings (SSSR count). The number of carbonyl (C=O) groups is 1. The fraction of sp³-hybridized carbons (Fsp3) is 0.929. The van der Waals surface area contributed by atoms with Crippen LogP contribution in [0.3, 0.4) is 0 Å². The number of hydrogen-bond donors (Lipinski definition) is 0. The van der Waals surface area contributed by atoms with Crippen LogP contribution < -0.4 is 0 Å². The van der Waals surface area contributed by atoms with Crippen molar-refractivity contribution >= 4 is 17.7 Å². The average Bonchev–Trinajstić information content (AvgIpc) is 2.50. The van der Waals surface area contributed by atoms with Crippen molar-refractivity contribution in [1.82, 2.24) is 0 Å². The maximum Gasteiger partial charge on any atom is 0.460 e. The smallest absolute Gasteiger partial charge is 0.460 e. The molecule has 0 aromatic heterocycles. The van der Waals surface area contributed by atoms with E-state index in [4.69, 9.17) is 0 Å². The third kappa shape index (κ3) is 5.59. The van der Waals surface area contributed by atoms with Crippen LogP contribution in [0, 0.1) is 0 Å². The van der Waals surface area contributed by atoms with E-state index < -0.39 is 53.3 Å². The molecule has 0 saturated carbocycles. The zero-order valence-corrected chi connectivity index (χ0v) is 14.9. The van der Waals surface area contributed by atoms with Crippen molar-refractivity contribution < 1.29 is 49.0 Å². The number of carbonyl (C=O) groups excluding carboxylic acids is 1. The SMILES string of the molecule is CCCC(SC(C)CCC(F)(F)C(F)(F)C(F)(F)C(F)(F)F)C(=O)OC. The first-order valence-electron chi connectivity index (χ1n) is 7.48. The van der Waals surface area contributed by atoms with Gasteiger partial charge in [0.15, 0.2) is 0 Å². The average molecular weight is 422 g/mol. The molecule has 0 aromatic rings. The summed E-state index contributed by atoms with van der Waals surface area (Å²) in [5, 5.41) is -1.67. The van der Waals surface area contributed by atoms with Gasteiger partial charge >= 0.3 is 29.9 Å². The van der Waals surface area contributed by atoms with Gasteiger partial charge in [-0.25, -0.2) is 0 Å². The lowest BCUT2D eigenvalue weighted by atomic mass is 9.99. The van der Waals surface area contributed by atoms with Crippen LogP contribution in [0.4, 0.5) is 39.5 Å². The van der Waals surface area contributed by atoms with Crippen molar-refractivity contribution in [2.75, 3.05) is 7.11 Å². The van der Waals surface area contributed by atoms with Crippen molar-refractivity contribution in [2.45, 2.75) is 74.0 Å². The quantitative estimate of drug-likeness (QED) is 0.334. The van der Waals surface area contributed by atoms with Gasteiger partial charge in [-0.15, -0.1) is 11.8 Å². The number of ether oxygens (including phenoxy) is 1. The Bertz CT molecular complexity index is 466. The van der Waals surface area contributed by atoms with Crippen LogP contribution in [0.25, 0.3) is 0 Å². The first-order valence-corrected chi connectivity index (χ1v) is 8.42. The first kappa shape index (κ1) is 25.2. The molecular weight excluding hydrogens is 403 g/mol. The fourth-order valence-electron chi connectivity index (χ4n) is 1.93. The number of hydrogen-bond acceptors (Lipinski definition) is 3. The van der Waals surface area contributed by atoms with Crippen LogP contribution in [-0.2, 0) is 9.53 Å². The summed E-state index contributed by atoms with van der Waals surface area (Å²) in [4.78, 5) is 11.5. The van der Waals surface area contributed by atoms with Gasteiger partial charge in [0.2, 0.25) is 0 Å². The van der Waals surface area contributed by atoms with Gasteiger partial charge < -0.3 is 4.74 Å². The molecule has 26 heavy (non-hydrogen) atoms. The van der Waals surface area contributed by atoms with Crippen LogP contribution in [0.1, 0.15) is 39.5 Å². The van der Waals surface area contributed by atoms with Gasteiger partial charge in [-0.05, 0) is 12.8 Å². The molecule has 2 unspecified atom stereocenters. The van der Waals surface area contributed by atoms with E-state index in [1.54, 1.807) is 6.92 Å². The highest BCUT2D eigenvalue weighted by atomic mass is 32.2. The topological polar surface area (TPSA) is 26.3 Å². The third-order valence-electron chi connectivity index (χ3n) is 3.49. The molecule has 12 heteroatoms. The molecule has 0 aromatic carbocycles. The van der Waals surface area contributed by atoms with Crippen LogP contribution in [0.15, 0.2) is 0 Å². The van der Waals surface area contributed by atoms with Crippen molar-refractivity contribution in [1.29, 1.82) is 0 Å². The van der Waals surface area contributed by atoms with E-state index in [2.05, 4.69) is 4.74 Å². The first-order chi connectivity index (χ1) is 11.5. The molecule has 2 atom stereocenters. The molecule has 0 spiro atoms. The highest BCUT2D eigenvalue weighted by molar-refractivity contribution is 8.01. The normalized spacial score (nSPS) is 16.3. The minimum absolute atomic E-state index is 0.292. The maximum absolute atomic E-state index is 13.5. The molecule has 0 saturated heterocycles. The lowest BCUT2D eigenvalue weighted by Crippen LogP contribution is -2.60. The summed E-state index contributed by atoms with van der Waals surface area (Å²) in [5.74, 6) is -19.7. The summed E-state index contributed by atoms with van der Waals surface area (Å²) in [6.45, 7) is 2.99. The molecule has 0 amide bonds. The summed E-state index contributed by atoms with van der Waals surface area (Å²) in [5.41, 5.74) is 0. The Hall–Kier alpha value is -0.810. The number of esters is 1. The third-order valence-corrected chi connectivity index (χ3v) is 4.94. The lowest BCUT2D eigenvalue weighted by Gasteiger charge is -2.34. The molecule has 2 nitrogen and oxygen atoms in total. The number of thioether (sulfide) groups is 1. The second-order valence-corrected chi connectivity index (χ2v) is 7.28. The molecule has 0 fully saturated rings. The fourth-order valence-corrected chi connectivity index (χ4v) is 3.33. The number of rotatable bonds is 10. The second kappa shape index (κ2) is 8.92. The van der Waals surface area contributed by atoms with Crippen molar-refractivity contribution in [3.63, 3.8) is 0 Å². The highest BCUT2D eigenvalue weighted by Gasteiger charge is 2.81. The van der Waals surface area contributed by atoms with Gasteiger partial charge in [-0.1, -0.05) is 20.3 Å². The van der Waals surface area contributed by atoms with Gasteiger partial charge in [0, 0.05) is 11.7 Å². The zero-order chi connectivity index (χ0) is 21.0. The number of alkyl halides is 9. The highest BCUT2D eigenvalue weighted by Crippen LogP contribution is 2.54.